The standard InChI is InChI=1S/C20H26N2O3S/c1-4-5-13-22(3)20(23)17-11-8-12-19(14-17)26(24,25)21-15-18-10-7-6-9-16(18)2/h6-12,14,21H,4-5,13,15H2,1-3H3. The van der Waals surface area contributed by atoms with Crippen LogP contribution in [0.5, 0.6) is 0 Å². The van der Waals surface area contributed by atoms with Crippen molar-refractivity contribution in [3.63, 3.8) is 0 Å². The predicted molar refractivity (Wildman–Crippen MR) is 104 cm³/mol. The minimum absolute atomic E-state index is 0.0980. The smallest absolute Gasteiger partial charge is 0.253 e. The lowest BCUT2D eigenvalue weighted by Crippen LogP contribution is -2.28. The van der Waals surface area contributed by atoms with Crippen molar-refractivity contribution < 1.29 is 13.2 Å². The number of aryl methyl sites for hydroxylation is 1. The molecule has 26 heavy (non-hydrogen) atoms. The summed E-state index contributed by atoms with van der Waals surface area (Å²) in [5.41, 5.74) is 2.32. The van der Waals surface area contributed by atoms with Gasteiger partial charge in [0, 0.05) is 25.7 Å². The normalized spacial score (nSPS) is 11.3. The fraction of sp³-hybridized carbons (Fsp3) is 0.350. The Labute approximate surface area is 156 Å². The molecule has 0 unspecified atom stereocenters. The molecular weight excluding hydrogens is 348 g/mol. The molecule has 140 valence electrons. The van der Waals surface area contributed by atoms with Gasteiger partial charge in [0.15, 0.2) is 0 Å². The molecule has 2 rings (SSSR count). The second kappa shape index (κ2) is 8.96. The molecule has 2 aromatic carbocycles. The van der Waals surface area contributed by atoms with Crippen LogP contribution in [0.4, 0.5) is 0 Å². The van der Waals surface area contributed by atoms with E-state index < -0.39 is 10.0 Å². The van der Waals surface area contributed by atoms with E-state index in [2.05, 4.69) is 11.6 Å². The van der Waals surface area contributed by atoms with Crippen molar-refractivity contribution in [2.45, 2.75) is 38.1 Å². The number of benzene rings is 2. The first kappa shape index (κ1) is 20.1. The van der Waals surface area contributed by atoms with Crippen molar-refractivity contribution in [1.29, 1.82) is 0 Å². The summed E-state index contributed by atoms with van der Waals surface area (Å²) in [5.74, 6) is -0.172. The fourth-order valence-electron chi connectivity index (χ4n) is 2.58. The van der Waals surface area contributed by atoms with Gasteiger partial charge in [-0.25, -0.2) is 13.1 Å². The van der Waals surface area contributed by atoms with Gasteiger partial charge in [-0.2, -0.15) is 0 Å². The second-order valence-corrected chi connectivity index (χ2v) is 8.13. The molecule has 0 bridgehead atoms. The lowest BCUT2D eigenvalue weighted by Gasteiger charge is -2.17. The zero-order chi connectivity index (χ0) is 19.2. The maximum absolute atomic E-state index is 12.6. The first-order valence-corrected chi connectivity index (χ1v) is 10.2. The first-order chi connectivity index (χ1) is 12.3. The molecule has 0 fully saturated rings. The third-order valence-electron chi connectivity index (χ3n) is 4.30. The van der Waals surface area contributed by atoms with Crippen LogP contribution in [-0.2, 0) is 16.6 Å². The van der Waals surface area contributed by atoms with Gasteiger partial charge in [0.1, 0.15) is 0 Å². The summed E-state index contributed by atoms with van der Waals surface area (Å²) < 4.78 is 27.8. The van der Waals surface area contributed by atoms with Gasteiger partial charge in [-0.1, -0.05) is 43.7 Å². The molecule has 0 aliphatic carbocycles. The molecule has 0 aliphatic rings. The van der Waals surface area contributed by atoms with Crippen molar-refractivity contribution in [1.82, 2.24) is 9.62 Å². The van der Waals surface area contributed by atoms with Crippen LogP contribution in [0.2, 0.25) is 0 Å². The Morgan fingerprint density at radius 3 is 2.54 bits per heavy atom. The van der Waals surface area contributed by atoms with Crippen molar-refractivity contribution in [3.05, 3.63) is 65.2 Å². The Hall–Kier alpha value is -2.18. The van der Waals surface area contributed by atoms with E-state index in [-0.39, 0.29) is 17.3 Å². The molecule has 0 spiro atoms. The van der Waals surface area contributed by atoms with Crippen LogP contribution < -0.4 is 4.72 Å². The number of hydrogen-bond donors (Lipinski definition) is 1. The summed E-state index contributed by atoms with van der Waals surface area (Å²) in [5, 5.41) is 0. The number of rotatable bonds is 8. The molecule has 6 heteroatoms. The molecule has 5 nitrogen and oxygen atoms in total. The second-order valence-electron chi connectivity index (χ2n) is 6.36. The van der Waals surface area contributed by atoms with E-state index in [4.69, 9.17) is 0 Å². The van der Waals surface area contributed by atoms with Gasteiger partial charge in [0.25, 0.3) is 5.91 Å². The van der Waals surface area contributed by atoms with Crippen molar-refractivity contribution in [2.24, 2.45) is 0 Å². The Balaban J connectivity index is 2.15. The van der Waals surface area contributed by atoms with Crippen molar-refractivity contribution in [2.75, 3.05) is 13.6 Å². The van der Waals surface area contributed by atoms with Crippen LogP contribution in [0.25, 0.3) is 0 Å². The minimum atomic E-state index is -3.69. The zero-order valence-corrected chi connectivity index (χ0v) is 16.3. The molecule has 0 heterocycles. The Bertz CT molecular complexity index is 863. The van der Waals surface area contributed by atoms with Gasteiger partial charge in [0.2, 0.25) is 10.0 Å². The van der Waals surface area contributed by atoms with E-state index in [9.17, 15) is 13.2 Å². The maximum atomic E-state index is 12.6. The van der Waals surface area contributed by atoms with Crippen molar-refractivity contribution in [3.8, 4) is 0 Å². The summed E-state index contributed by atoms with van der Waals surface area (Å²) in [6.45, 7) is 4.86. The highest BCUT2D eigenvalue weighted by atomic mass is 32.2. The number of sulfonamides is 1. The third-order valence-corrected chi connectivity index (χ3v) is 5.70. The van der Waals surface area contributed by atoms with Gasteiger partial charge in [-0.3, -0.25) is 4.79 Å². The zero-order valence-electron chi connectivity index (χ0n) is 15.5. The van der Waals surface area contributed by atoms with E-state index in [0.717, 1.165) is 24.0 Å². The van der Waals surface area contributed by atoms with E-state index >= 15 is 0 Å². The third kappa shape index (κ3) is 5.16. The van der Waals surface area contributed by atoms with Gasteiger partial charge in [-0.05, 0) is 42.7 Å². The van der Waals surface area contributed by atoms with Gasteiger partial charge in [-0.15, -0.1) is 0 Å². The number of carbonyl (C=O) groups excluding carboxylic acids is 1. The molecule has 0 saturated heterocycles. The van der Waals surface area contributed by atoms with Crippen LogP contribution >= 0.6 is 0 Å². The summed E-state index contributed by atoms with van der Waals surface area (Å²) in [4.78, 5) is 14.2. The molecule has 0 aliphatic heterocycles. The van der Waals surface area contributed by atoms with Gasteiger partial charge < -0.3 is 4.90 Å². The molecular formula is C20H26N2O3S. The molecule has 0 aromatic heterocycles. The van der Waals surface area contributed by atoms with Crippen LogP contribution in [0.1, 0.15) is 41.3 Å². The van der Waals surface area contributed by atoms with Gasteiger partial charge >= 0.3 is 0 Å². The van der Waals surface area contributed by atoms with E-state index in [1.165, 1.54) is 12.1 Å². The predicted octanol–water partition coefficient (Wildman–Crippen LogP) is 3.35. The van der Waals surface area contributed by atoms with Crippen molar-refractivity contribution >= 4 is 15.9 Å². The number of nitrogens with one attached hydrogen (secondary N) is 1. The van der Waals surface area contributed by atoms with Crippen LogP contribution in [-0.4, -0.2) is 32.8 Å². The number of carbonyl (C=O) groups is 1. The van der Waals surface area contributed by atoms with E-state index in [1.54, 1.807) is 24.1 Å². The molecule has 0 atom stereocenters. The highest BCUT2D eigenvalue weighted by molar-refractivity contribution is 7.89. The number of hydrogen-bond acceptors (Lipinski definition) is 3. The first-order valence-electron chi connectivity index (χ1n) is 8.75. The van der Waals surface area contributed by atoms with Crippen LogP contribution in [0, 0.1) is 6.92 Å². The average Bonchev–Trinajstić information content (AvgIpc) is 2.65. The summed E-state index contributed by atoms with van der Waals surface area (Å²) >= 11 is 0. The SMILES string of the molecule is CCCCN(C)C(=O)c1cccc(S(=O)(=O)NCc2ccccc2C)c1. The molecule has 1 amide bonds. The van der Waals surface area contributed by atoms with Crippen LogP contribution in [0.15, 0.2) is 53.4 Å². The summed E-state index contributed by atoms with van der Waals surface area (Å²) in [7, 11) is -1.96. The molecule has 1 N–H and O–H groups in total. The topological polar surface area (TPSA) is 66.5 Å². The quantitative estimate of drug-likeness (QED) is 0.771. The molecule has 0 saturated carbocycles. The van der Waals surface area contributed by atoms with E-state index in [1.807, 2.05) is 31.2 Å². The lowest BCUT2D eigenvalue weighted by molar-refractivity contribution is 0.0793. The average molecular weight is 375 g/mol. The molecule has 2 aromatic rings. The fourth-order valence-corrected chi connectivity index (χ4v) is 3.63. The summed E-state index contributed by atoms with van der Waals surface area (Å²) in [6.07, 6.45) is 1.91. The van der Waals surface area contributed by atoms with E-state index in [0.29, 0.717) is 12.1 Å². The van der Waals surface area contributed by atoms with Gasteiger partial charge in [0.05, 0.1) is 4.90 Å². The number of unbranched alkanes of at least 4 members (excludes halogenated alkanes) is 1. The minimum Gasteiger partial charge on any atom is -0.342 e. The largest absolute Gasteiger partial charge is 0.342 e. The Morgan fingerprint density at radius 2 is 1.85 bits per heavy atom. The number of nitrogens with zero attached hydrogens (tertiary/aromatic N) is 1. The maximum Gasteiger partial charge on any atom is 0.253 e. The molecule has 0 radical (unpaired) electrons. The Kier molecular flexibility index (Phi) is 6.94. The lowest BCUT2D eigenvalue weighted by atomic mass is 10.1. The summed E-state index contributed by atoms with van der Waals surface area (Å²) in [6, 6.07) is 13.8. The van der Waals surface area contributed by atoms with Crippen LogP contribution in [0.3, 0.4) is 0 Å². The Morgan fingerprint density at radius 1 is 1.12 bits per heavy atom. The monoisotopic (exact) mass is 374 g/mol. The number of amides is 1. The highest BCUT2D eigenvalue weighted by Gasteiger charge is 2.18. The highest BCUT2D eigenvalue weighted by Crippen LogP contribution is 2.15.